The van der Waals surface area contributed by atoms with Crippen molar-refractivity contribution in [2.45, 2.75) is 31.8 Å². The molecule has 0 unspecified atom stereocenters. The zero-order chi connectivity index (χ0) is 21.5. The Morgan fingerprint density at radius 2 is 1.97 bits per heavy atom. The second-order valence-electron chi connectivity index (χ2n) is 6.93. The summed E-state index contributed by atoms with van der Waals surface area (Å²) < 4.78 is 16.2. The van der Waals surface area contributed by atoms with Gasteiger partial charge < -0.3 is 19.5 Å². The molecule has 0 saturated carbocycles. The summed E-state index contributed by atoms with van der Waals surface area (Å²) in [6.45, 7) is 2.07. The van der Waals surface area contributed by atoms with Crippen molar-refractivity contribution in [2.75, 3.05) is 19.8 Å². The summed E-state index contributed by atoms with van der Waals surface area (Å²) in [6.07, 6.45) is 0.858. The maximum Gasteiger partial charge on any atom is 0.351 e. The van der Waals surface area contributed by atoms with Crippen molar-refractivity contribution in [1.82, 2.24) is 5.32 Å². The standard InChI is InChI=1S/C22H23Cl2NO5/c1-2-5-14(16-9-8-15(23)10-17(16)24)11-25-21(26)13-29-22(27)20-12-28-18-6-3-4-7-19(18)30-20/h3-4,6-10,14,20H,2,5,11-13H2,1H3,(H,25,26)/t14-,20+/m0/s1. The summed E-state index contributed by atoms with van der Waals surface area (Å²) >= 11 is 12.3. The molecule has 1 N–H and O–H groups in total. The Hall–Kier alpha value is -2.44. The molecule has 8 heteroatoms. The number of fused-ring (bicyclic) bond motifs is 1. The quantitative estimate of drug-likeness (QED) is 0.602. The number of para-hydroxylation sites is 2. The molecule has 2 atom stereocenters. The van der Waals surface area contributed by atoms with Crippen molar-refractivity contribution >= 4 is 35.1 Å². The predicted octanol–water partition coefficient (Wildman–Crippen LogP) is 4.38. The van der Waals surface area contributed by atoms with Crippen LogP contribution in [0.25, 0.3) is 0 Å². The molecule has 0 spiro atoms. The third kappa shape index (κ3) is 5.80. The largest absolute Gasteiger partial charge is 0.485 e. The van der Waals surface area contributed by atoms with Gasteiger partial charge in [0.1, 0.15) is 6.61 Å². The lowest BCUT2D eigenvalue weighted by Crippen LogP contribution is -2.40. The van der Waals surface area contributed by atoms with Crippen LogP contribution in [0, 0.1) is 0 Å². The van der Waals surface area contributed by atoms with E-state index < -0.39 is 24.6 Å². The Morgan fingerprint density at radius 3 is 2.70 bits per heavy atom. The molecule has 1 amide bonds. The smallest absolute Gasteiger partial charge is 0.351 e. The lowest BCUT2D eigenvalue weighted by atomic mass is 9.94. The molecular weight excluding hydrogens is 429 g/mol. The van der Waals surface area contributed by atoms with Crippen LogP contribution in [0.5, 0.6) is 11.5 Å². The Morgan fingerprint density at radius 1 is 1.20 bits per heavy atom. The Bertz CT molecular complexity index is 905. The van der Waals surface area contributed by atoms with E-state index in [1.807, 2.05) is 12.1 Å². The number of ether oxygens (including phenoxy) is 3. The van der Waals surface area contributed by atoms with Crippen molar-refractivity contribution in [1.29, 1.82) is 0 Å². The maximum absolute atomic E-state index is 12.2. The van der Waals surface area contributed by atoms with Gasteiger partial charge in [0.25, 0.3) is 5.91 Å². The third-order valence-electron chi connectivity index (χ3n) is 4.70. The van der Waals surface area contributed by atoms with Crippen molar-refractivity contribution in [3.05, 3.63) is 58.1 Å². The number of esters is 1. The number of nitrogens with one attached hydrogen (secondary N) is 1. The first-order valence-electron chi connectivity index (χ1n) is 9.74. The highest BCUT2D eigenvalue weighted by atomic mass is 35.5. The molecule has 6 nitrogen and oxygen atoms in total. The first-order chi connectivity index (χ1) is 14.5. The second kappa shape index (κ2) is 10.5. The zero-order valence-electron chi connectivity index (χ0n) is 16.5. The van der Waals surface area contributed by atoms with Gasteiger partial charge in [-0.15, -0.1) is 0 Å². The van der Waals surface area contributed by atoms with Gasteiger partial charge in [0.05, 0.1) is 0 Å². The minimum atomic E-state index is -0.909. The number of rotatable bonds is 8. The molecule has 0 aliphatic carbocycles. The highest BCUT2D eigenvalue weighted by Crippen LogP contribution is 2.31. The Kier molecular flexibility index (Phi) is 7.82. The minimum absolute atomic E-state index is 0.0328. The molecule has 3 rings (SSSR count). The molecular formula is C22H23Cl2NO5. The van der Waals surface area contributed by atoms with Gasteiger partial charge in [-0.2, -0.15) is 0 Å². The number of hydrogen-bond acceptors (Lipinski definition) is 5. The summed E-state index contributed by atoms with van der Waals surface area (Å²) in [5, 5.41) is 3.93. The number of carbonyl (C=O) groups is 2. The molecule has 0 bridgehead atoms. The van der Waals surface area contributed by atoms with Crippen LogP contribution in [0.1, 0.15) is 31.2 Å². The van der Waals surface area contributed by atoms with Gasteiger partial charge in [0.2, 0.25) is 6.10 Å². The average Bonchev–Trinajstić information content (AvgIpc) is 2.75. The van der Waals surface area contributed by atoms with Crippen LogP contribution in [-0.2, 0) is 14.3 Å². The van der Waals surface area contributed by atoms with E-state index in [1.54, 1.807) is 30.3 Å². The van der Waals surface area contributed by atoms with Crippen molar-refractivity contribution in [2.24, 2.45) is 0 Å². The zero-order valence-corrected chi connectivity index (χ0v) is 18.0. The maximum atomic E-state index is 12.2. The topological polar surface area (TPSA) is 73.9 Å². The van der Waals surface area contributed by atoms with Crippen molar-refractivity contribution in [3.8, 4) is 11.5 Å². The Labute approximate surface area is 185 Å². The molecule has 1 heterocycles. The molecule has 2 aromatic carbocycles. The minimum Gasteiger partial charge on any atom is -0.485 e. The molecule has 0 radical (unpaired) electrons. The van der Waals surface area contributed by atoms with Crippen LogP contribution >= 0.6 is 23.2 Å². The number of amides is 1. The number of carbonyl (C=O) groups excluding carboxylic acids is 2. The van der Waals surface area contributed by atoms with Crippen LogP contribution in [0.4, 0.5) is 0 Å². The van der Waals surface area contributed by atoms with Crippen LogP contribution in [0.2, 0.25) is 10.0 Å². The molecule has 0 fully saturated rings. The fourth-order valence-electron chi connectivity index (χ4n) is 3.20. The number of hydrogen-bond donors (Lipinski definition) is 1. The normalized spacial score (nSPS) is 15.9. The molecule has 1 aliphatic heterocycles. The van der Waals surface area contributed by atoms with Gasteiger partial charge in [-0.05, 0) is 36.2 Å². The van der Waals surface area contributed by atoms with Gasteiger partial charge in [0.15, 0.2) is 18.1 Å². The van der Waals surface area contributed by atoms with E-state index in [0.29, 0.717) is 28.1 Å². The van der Waals surface area contributed by atoms with E-state index >= 15 is 0 Å². The molecule has 0 aromatic heterocycles. The molecule has 160 valence electrons. The van der Waals surface area contributed by atoms with Crippen LogP contribution in [0.3, 0.4) is 0 Å². The van der Waals surface area contributed by atoms with E-state index in [2.05, 4.69) is 12.2 Å². The Balaban J connectivity index is 1.48. The third-order valence-corrected chi connectivity index (χ3v) is 5.26. The van der Waals surface area contributed by atoms with Crippen LogP contribution < -0.4 is 14.8 Å². The lowest BCUT2D eigenvalue weighted by molar-refractivity contribution is -0.157. The van der Waals surface area contributed by atoms with Gasteiger partial charge in [-0.1, -0.05) is 54.7 Å². The van der Waals surface area contributed by atoms with Gasteiger partial charge in [0, 0.05) is 22.5 Å². The molecule has 1 aliphatic rings. The molecule has 30 heavy (non-hydrogen) atoms. The van der Waals surface area contributed by atoms with Crippen molar-refractivity contribution in [3.63, 3.8) is 0 Å². The summed E-state index contributed by atoms with van der Waals surface area (Å²) in [5.74, 6) is 0.0303. The van der Waals surface area contributed by atoms with Gasteiger partial charge in [-0.3, -0.25) is 4.79 Å². The summed E-state index contributed by atoms with van der Waals surface area (Å²) in [7, 11) is 0. The predicted molar refractivity (Wildman–Crippen MR) is 114 cm³/mol. The fraction of sp³-hybridized carbons (Fsp3) is 0.364. The fourth-order valence-corrected chi connectivity index (χ4v) is 3.76. The summed E-state index contributed by atoms with van der Waals surface area (Å²) in [6, 6.07) is 12.4. The molecule has 2 aromatic rings. The number of benzene rings is 2. The van der Waals surface area contributed by atoms with E-state index in [4.69, 9.17) is 37.4 Å². The highest BCUT2D eigenvalue weighted by Gasteiger charge is 2.29. The SMILES string of the molecule is CCC[C@@H](CNC(=O)COC(=O)[C@H]1COc2ccccc2O1)c1ccc(Cl)cc1Cl. The lowest BCUT2D eigenvalue weighted by Gasteiger charge is -2.25. The highest BCUT2D eigenvalue weighted by molar-refractivity contribution is 6.35. The van der Waals surface area contributed by atoms with E-state index in [9.17, 15) is 9.59 Å². The second-order valence-corrected chi connectivity index (χ2v) is 7.77. The van der Waals surface area contributed by atoms with Crippen LogP contribution in [0.15, 0.2) is 42.5 Å². The van der Waals surface area contributed by atoms with E-state index in [1.165, 1.54) is 0 Å². The number of halogens is 2. The first-order valence-corrected chi connectivity index (χ1v) is 10.5. The summed E-state index contributed by atoms with van der Waals surface area (Å²) in [5.41, 5.74) is 0.923. The molecule has 0 saturated heterocycles. The first kappa shape index (κ1) is 22.2. The van der Waals surface area contributed by atoms with E-state index in [0.717, 1.165) is 18.4 Å². The van der Waals surface area contributed by atoms with E-state index in [-0.39, 0.29) is 12.5 Å². The monoisotopic (exact) mass is 451 g/mol. The average molecular weight is 452 g/mol. The van der Waals surface area contributed by atoms with Crippen molar-refractivity contribution < 1.29 is 23.8 Å². The van der Waals surface area contributed by atoms with Gasteiger partial charge in [-0.25, -0.2) is 4.79 Å². The summed E-state index contributed by atoms with van der Waals surface area (Å²) in [4.78, 5) is 24.4. The van der Waals surface area contributed by atoms with Gasteiger partial charge >= 0.3 is 5.97 Å². The van der Waals surface area contributed by atoms with Crippen LogP contribution in [-0.4, -0.2) is 37.7 Å².